The molecule has 5 aromatic rings. The Morgan fingerprint density at radius 2 is 1.61 bits per heavy atom. The summed E-state index contributed by atoms with van der Waals surface area (Å²) in [7, 11) is 9.49. The van der Waals surface area contributed by atoms with Crippen molar-refractivity contribution < 1.29 is 4.74 Å². The molecular formula is C24H28N6O3. The van der Waals surface area contributed by atoms with Gasteiger partial charge in [-0.1, -0.05) is 0 Å². The molecule has 0 unspecified atom stereocenters. The summed E-state index contributed by atoms with van der Waals surface area (Å²) >= 11 is 0. The number of benzene rings is 2. The predicted octanol–water partition coefficient (Wildman–Crippen LogP) is 1.69. The second-order valence-corrected chi connectivity index (χ2v) is 8.99. The Morgan fingerprint density at radius 3 is 2.30 bits per heavy atom. The first-order valence-electron chi connectivity index (χ1n) is 11.0. The average molecular weight is 449 g/mol. The third kappa shape index (κ3) is 3.27. The van der Waals surface area contributed by atoms with E-state index in [1.807, 2.05) is 68.1 Å². The third-order valence-corrected chi connectivity index (χ3v) is 6.24. The lowest BCUT2D eigenvalue weighted by atomic mass is 10.1. The molecule has 0 radical (unpaired) electrons. The van der Waals surface area contributed by atoms with E-state index in [9.17, 15) is 9.59 Å². The van der Waals surface area contributed by atoms with Crippen LogP contribution in [0, 0.1) is 0 Å². The molecule has 172 valence electrons. The Balaban J connectivity index is 1.96. The van der Waals surface area contributed by atoms with Gasteiger partial charge < -0.3 is 14.5 Å². The van der Waals surface area contributed by atoms with Crippen molar-refractivity contribution in [2.24, 2.45) is 0 Å². The molecular weight excluding hydrogens is 420 g/mol. The van der Waals surface area contributed by atoms with Crippen LogP contribution in [0.25, 0.3) is 38.2 Å². The number of likely N-dealkylation sites (N-methyl/N-ethyl adjacent to an activating group) is 2. The van der Waals surface area contributed by atoms with Crippen LogP contribution in [-0.4, -0.2) is 76.9 Å². The number of fused-ring (bicyclic) bond motifs is 3. The molecule has 9 nitrogen and oxygen atoms in total. The largest absolute Gasteiger partial charge is 0.497 e. The number of hydrogen-bond donors (Lipinski definition) is 0. The quantitative estimate of drug-likeness (QED) is 0.279. The van der Waals surface area contributed by atoms with Gasteiger partial charge >= 0.3 is 5.69 Å². The van der Waals surface area contributed by atoms with Gasteiger partial charge in [0.25, 0.3) is 5.56 Å². The highest BCUT2D eigenvalue weighted by Gasteiger charge is 2.23. The fourth-order valence-corrected chi connectivity index (χ4v) is 4.51. The van der Waals surface area contributed by atoms with E-state index in [1.165, 1.54) is 4.57 Å². The second-order valence-electron chi connectivity index (χ2n) is 8.99. The number of aromatic nitrogens is 4. The van der Waals surface area contributed by atoms with Crippen molar-refractivity contribution in [3.63, 3.8) is 0 Å². The van der Waals surface area contributed by atoms with Crippen LogP contribution in [0.4, 0.5) is 0 Å². The molecule has 0 spiro atoms. The first-order chi connectivity index (χ1) is 15.8. The van der Waals surface area contributed by atoms with Gasteiger partial charge in [-0.2, -0.15) is 5.10 Å². The summed E-state index contributed by atoms with van der Waals surface area (Å²) in [4.78, 5) is 31.2. The van der Waals surface area contributed by atoms with Crippen LogP contribution >= 0.6 is 0 Å². The number of hydrogen-bond acceptors (Lipinski definition) is 6. The zero-order chi connectivity index (χ0) is 23.4. The van der Waals surface area contributed by atoms with Crippen molar-refractivity contribution in [3.05, 3.63) is 51.2 Å². The van der Waals surface area contributed by atoms with E-state index >= 15 is 0 Å². The molecule has 0 saturated carbocycles. The van der Waals surface area contributed by atoms with Gasteiger partial charge in [0.2, 0.25) is 0 Å². The monoisotopic (exact) mass is 448 g/mol. The molecule has 9 heteroatoms. The molecule has 3 heterocycles. The second kappa shape index (κ2) is 7.86. The Kier molecular flexibility index (Phi) is 5.10. The molecule has 0 aliphatic rings. The Labute approximate surface area is 190 Å². The standard InChI is InChI=1S/C24H28N6O3/c1-26(2)10-12-28-23(31)17-8-9-18-20-21(25-29(18)13-11-27(3)4)16-7-6-15(33-5)14-19(16)30(22(17)20)24(28)32/h6-9,14H,10-13H2,1-5H3. The highest BCUT2D eigenvalue weighted by atomic mass is 16.5. The van der Waals surface area contributed by atoms with Crippen LogP contribution in [0.5, 0.6) is 5.75 Å². The Morgan fingerprint density at radius 1 is 0.909 bits per heavy atom. The van der Waals surface area contributed by atoms with Crippen molar-refractivity contribution in [1.29, 1.82) is 0 Å². The van der Waals surface area contributed by atoms with Gasteiger partial charge in [-0.3, -0.25) is 18.4 Å². The lowest BCUT2D eigenvalue weighted by molar-refractivity contribution is 0.376. The zero-order valence-corrected chi connectivity index (χ0v) is 19.6. The van der Waals surface area contributed by atoms with Crippen molar-refractivity contribution in [3.8, 4) is 5.75 Å². The van der Waals surface area contributed by atoms with Gasteiger partial charge in [0.05, 0.1) is 41.0 Å². The van der Waals surface area contributed by atoms with Crippen LogP contribution < -0.4 is 16.0 Å². The molecule has 0 saturated heterocycles. The van der Waals surface area contributed by atoms with E-state index in [4.69, 9.17) is 9.84 Å². The maximum Gasteiger partial charge on any atom is 0.336 e. The number of ether oxygens (including phenoxy) is 1. The molecule has 33 heavy (non-hydrogen) atoms. The summed E-state index contributed by atoms with van der Waals surface area (Å²) < 4.78 is 10.4. The third-order valence-electron chi connectivity index (χ3n) is 6.24. The fraction of sp³-hybridized carbons (Fsp3) is 0.375. The predicted molar refractivity (Wildman–Crippen MR) is 131 cm³/mol. The summed E-state index contributed by atoms with van der Waals surface area (Å²) in [5.41, 5.74) is 2.39. The van der Waals surface area contributed by atoms with E-state index in [0.29, 0.717) is 41.8 Å². The SMILES string of the molecule is COc1ccc2c3nn(CCN(C)C)c4ccc5c(=O)n(CCN(C)C)c(=O)n(c2c1)c5c34. The van der Waals surface area contributed by atoms with E-state index < -0.39 is 0 Å². The molecule has 2 aromatic carbocycles. The van der Waals surface area contributed by atoms with Crippen molar-refractivity contribution in [2.75, 3.05) is 48.4 Å². The minimum atomic E-state index is -0.344. The topological polar surface area (TPSA) is 77.0 Å². The van der Waals surface area contributed by atoms with Crippen LogP contribution in [-0.2, 0) is 13.1 Å². The maximum absolute atomic E-state index is 13.7. The summed E-state index contributed by atoms with van der Waals surface area (Å²) in [6.07, 6.45) is 0. The Hall–Kier alpha value is -3.43. The molecule has 0 bridgehead atoms. The summed E-state index contributed by atoms with van der Waals surface area (Å²) in [6, 6.07) is 9.44. The highest BCUT2D eigenvalue weighted by molar-refractivity contribution is 6.21. The van der Waals surface area contributed by atoms with E-state index in [1.54, 1.807) is 11.5 Å². The van der Waals surface area contributed by atoms with Gasteiger partial charge in [0.1, 0.15) is 11.3 Å². The Bertz CT molecular complexity index is 1610. The molecule has 0 aliphatic heterocycles. The number of pyridine rings is 1. The van der Waals surface area contributed by atoms with Gasteiger partial charge in [-0.05, 0) is 52.5 Å². The maximum atomic E-state index is 13.7. The minimum Gasteiger partial charge on any atom is -0.497 e. The molecule has 0 atom stereocenters. The van der Waals surface area contributed by atoms with Gasteiger partial charge in [0.15, 0.2) is 0 Å². The fourth-order valence-electron chi connectivity index (χ4n) is 4.51. The molecule has 3 aromatic heterocycles. The number of nitrogens with zero attached hydrogens (tertiary/aromatic N) is 6. The summed E-state index contributed by atoms with van der Waals surface area (Å²) in [5.74, 6) is 0.641. The van der Waals surface area contributed by atoms with E-state index in [0.717, 1.165) is 28.4 Å². The molecule has 0 N–H and O–H groups in total. The first-order valence-corrected chi connectivity index (χ1v) is 11.0. The highest BCUT2D eigenvalue weighted by Crippen LogP contribution is 2.35. The first kappa shape index (κ1) is 21.4. The normalized spacial score (nSPS) is 12.5. The van der Waals surface area contributed by atoms with Gasteiger partial charge in [-0.25, -0.2) is 4.79 Å². The number of rotatable bonds is 7. The number of methoxy groups -OCH3 is 1. The van der Waals surface area contributed by atoms with Crippen molar-refractivity contribution in [2.45, 2.75) is 13.1 Å². The minimum absolute atomic E-state index is 0.270. The van der Waals surface area contributed by atoms with Gasteiger partial charge in [-0.15, -0.1) is 0 Å². The lowest BCUT2D eigenvalue weighted by Gasteiger charge is -2.16. The van der Waals surface area contributed by atoms with Crippen LogP contribution in [0.2, 0.25) is 0 Å². The van der Waals surface area contributed by atoms with Crippen molar-refractivity contribution >= 4 is 38.2 Å². The molecule has 0 fully saturated rings. The van der Waals surface area contributed by atoms with Crippen LogP contribution in [0.3, 0.4) is 0 Å². The van der Waals surface area contributed by atoms with Gasteiger partial charge in [0, 0.05) is 31.1 Å². The molecule has 0 aliphatic carbocycles. The van der Waals surface area contributed by atoms with E-state index in [-0.39, 0.29) is 11.2 Å². The van der Waals surface area contributed by atoms with Crippen LogP contribution in [0.1, 0.15) is 0 Å². The summed E-state index contributed by atoms with van der Waals surface area (Å²) in [6.45, 7) is 2.42. The van der Waals surface area contributed by atoms with E-state index in [2.05, 4.69) is 4.90 Å². The smallest absolute Gasteiger partial charge is 0.336 e. The summed E-state index contributed by atoms with van der Waals surface area (Å²) in [5, 5.41) is 7.14. The van der Waals surface area contributed by atoms with Crippen molar-refractivity contribution in [1.82, 2.24) is 28.5 Å². The molecule has 0 amide bonds. The zero-order valence-electron chi connectivity index (χ0n) is 19.6. The van der Waals surface area contributed by atoms with Crippen LogP contribution in [0.15, 0.2) is 39.9 Å². The molecule has 5 rings (SSSR count). The lowest BCUT2D eigenvalue weighted by Crippen LogP contribution is -2.40. The average Bonchev–Trinajstić information content (AvgIpc) is 3.16.